The summed E-state index contributed by atoms with van der Waals surface area (Å²) in [7, 11) is 0. The van der Waals surface area contributed by atoms with Crippen LogP contribution in [0.4, 0.5) is 5.69 Å². The van der Waals surface area contributed by atoms with Gasteiger partial charge in [-0.1, -0.05) is 0 Å². The third kappa shape index (κ3) is 5.03. The summed E-state index contributed by atoms with van der Waals surface area (Å²) in [5.74, 6) is 0.867. The van der Waals surface area contributed by atoms with Crippen LogP contribution in [0.5, 0.6) is 0 Å². The molecule has 0 aromatic carbocycles. The average molecular weight is 289 g/mol. The molecule has 2 heterocycles. The van der Waals surface area contributed by atoms with Crippen molar-refractivity contribution < 1.29 is 4.79 Å². The molecule has 1 aliphatic rings. The maximum atomic E-state index is 11.5. The fourth-order valence-corrected chi connectivity index (χ4v) is 3.03. The van der Waals surface area contributed by atoms with Crippen LogP contribution in [0.2, 0.25) is 0 Å². The molecule has 0 radical (unpaired) electrons. The molecule has 0 spiro atoms. The number of hydrogen-bond acceptors (Lipinski definition) is 3. The molecule has 2 rings (SSSR count). The monoisotopic (exact) mass is 289 g/mol. The quantitative estimate of drug-likeness (QED) is 0.926. The molecule has 1 aromatic rings. The number of anilines is 1. The topological polar surface area (TPSA) is 45.2 Å². The second kappa shape index (κ2) is 7.43. The standard InChI is InChI=1S/C17H27N3O/c1-13(2)19-17-10-16(11-18-12-17)9-15-5-4-7-20(8-6-15)14(3)21/h10-13,15,19H,4-9H2,1-3H3. The lowest BCUT2D eigenvalue weighted by atomic mass is 9.93. The molecule has 4 nitrogen and oxygen atoms in total. The molecule has 1 N–H and O–H groups in total. The van der Waals surface area contributed by atoms with Gasteiger partial charge in [-0.05, 0) is 57.1 Å². The Morgan fingerprint density at radius 2 is 2.19 bits per heavy atom. The molecule has 1 unspecified atom stereocenters. The third-order valence-corrected chi connectivity index (χ3v) is 4.07. The SMILES string of the molecule is CC(=O)N1CCCC(Cc2cncc(NC(C)C)c2)CC1. The highest BCUT2D eigenvalue weighted by Gasteiger charge is 2.18. The van der Waals surface area contributed by atoms with E-state index in [1.807, 2.05) is 17.3 Å². The van der Waals surface area contributed by atoms with Crippen molar-refractivity contribution in [3.8, 4) is 0 Å². The van der Waals surface area contributed by atoms with Gasteiger partial charge in [0.1, 0.15) is 0 Å². The molecule has 0 saturated carbocycles. The number of likely N-dealkylation sites (tertiary alicyclic amines) is 1. The largest absolute Gasteiger partial charge is 0.382 e. The molecule has 21 heavy (non-hydrogen) atoms. The Morgan fingerprint density at radius 3 is 2.90 bits per heavy atom. The van der Waals surface area contributed by atoms with E-state index in [4.69, 9.17) is 0 Å². The van der Waals surface area contributed by atoms with E-state index in [0.29, 0.717) is 12.0 Å². The van der Waals surface area contributed by atoms with E-state index in [9.17, 15) is 4.79 Å². The van der Waals surface area contributed by atoms with E-state index in [1.54, 1.807) is 6.92 Å². The van der Waals surface area contributed by atoms with E-state index in [-0.39, 0.29) is 5.91 Å². The van der Waals surface area contributed by atoms with E-state index in [2.05, 4.69) is 30.2 Å². The van der Waals surface area contributed by atoms with Crippen LogP contribution in [-0.4, -0.2) is 34.9 Å². The number of nitrogens with zero attached hydrogens (tertiary/aromatic N) is 2. The molecule has 1 aliphatic heterocycles. The van der Waals surface area contributed by atoms with Crippen molar-refractivity contribution in [3.63, 3.8) is 0 Å². The van der Waals surface area contributed by atoms with E-state index >= 15 is 0 Å². The number of hydrogen-bond donors (Lipinski definition) is 1. The first kappa shape index (κ1) is 15.8. The van der Waals surface area contributed by atoms with Gasteiger partial charge in [-0.15, -0.1) is 0 Å². The minimum Gasteiger partial charge on any atom is -0.382 e. The Morgan fingerprint density at radius 1 is 1.38 bits per heavy atom. The normalized spacial score (nSPS) is 19.4. The van der Waals surface area contributed by atoms with Crippen molar-refractivity contribution in [2.75, 3.05) is 18.4 Å². The van der Waals surface area contributed by atoms with Crippen LogP contribution in [0.1, 0.15) is 45.6 Å². The first-order chi connectivity index (χ1) is 10.0. The molecule has 0 aliphatic carbocycles. The van der Waals surface area contributed by atoms with Gasteiger partial charge >= 0.3 is 0 Å². The second-order valence-electron chi connectivity index (χ2n) is 6.39. The lowest BCUT2D eigenvalue weighted by Gasteiger charge is -2.18. The van der Waals surface area contributed by atoms with Crippen LogP contribution in [0.3, 0.4) is 0 Å². The highest BCUT2D eigenvalue weighted by Crippen LogP contribution is 2.23. The molecular formula is C17H27N3O. The second-order valence-corrected chi connectivity index (χ2v) is 6.39. The smallest absolute Gasteiger partial charge is 0.219 e. The Hall–Kier alpha value is -1.58. The van der Waals surface area contributed by atoms with Gasteiger partial charge in [0.05, 0.1) is 5.69 Å². The van der Waals surface area contributed by atoms with Gasteiger partial charge in [-0.2, -0.15) is 0 Å². The highest BCUT2D eigenvalue weighted by atomic mass is 16.2. The van der Waals surface area contributed by atoms with Crippen LogP contribution in [0.25, 0.3) is 0 Å². The molecule has 0 bridgehead atoms. The third-order valence-electron chi connectivity index (χ3n) is 4.07. The number of amides is 1. The van der Waals surface area contributed by atoms with Gasteiger partial charge in [0.15, 0.2) is 0 Å². The predicted octanol–water partition coefficient (Wildman–Crippen LogP) is 3.09. The highest BCUT2D eigenvalue weighted by molar-refractivity contribution is 5.73. The number of rotatable bonds is 4. The fourth-order valence-electron chi connectivity index (χ4n) is 3.03. The van der Waals surface area contributed by atoms with Gasteiger partial charge in [0.25, 0.3) is 0 Å². The maximum absolute atomic E-state index is 11.5. The molecule has 1 amide bonds. The number of pyridine rings is 1. The van der Waals surface area contributed by atoms with Gasteiger partial charge < -0.3 is 10.2 Å². The molecule has 1 fully saturated rings. The summed E-state index contributed by atoms with van der Waals surface area (Å²) in [5, 5.41) is 3.40. The van der Waals surface area contributed by atoms with E-state index in [0.717, 1.165) is 38.0 Å². The maximum Gasteiger partial charge on any atom is 0.219 e. The average Bonchev–Trinajstić information content (AvgIpc) is 2.64. The van der Waals surface area contributed by atoms with E-state index < -0.39 is 0 Å². The van der Waals surface area contributed by atoms with Crippen molar-refractivity contribution in [1.82, 2.24) is 9.88 Å². The summed E-state index contributed by atoms with van der Waals surface area (Å²) in [5.41, 5.74) is 2.39. The number of carbonyl (C=O) groups excluding carboxylic acids is 1. The predicted molar refractivity (Wildman–Crippen MR) is 86.3 cm³/mol. The molecule has 1 aromatic heterocycles. The van der Waals surface area contributed by atoms with Crippen molar-refractivity contribution in [2.24, 2.45) is 5.92 Å². The fraction of sp³-hybridized carbons (Fsp3) is 0.647. The Balaban J connectivity index is 1.93. The molecule has 1 atom stereocenters. The number of aromatic nitrogens is 1. The van der Waals surface area contributed by atoms with Crippen LogP contribution in [0.15, 0.2) is 18.5 Å². The van der Waals surface area contributed by atoms with Gasteiger partial charge in [0.2, 0.25) is 5.91 Å². The zero-order valence-electron chi connectivity index (χ0n) is 13.4. The van der Waals surface area contributed by atoms with Crippen molar-refractivity contribution >= 4 is 11.6 Å². The summed E-state index contributed by atoms with van der Waals surface area (Å²) in [4.78, 5) is 17.8. The summed E-state index contributed by atoms with van der Waals surface area (Å²) >= 11 is 0. The Kier molecular flexibility index (Phi) is 5.59. The van der Waals surface area contributed by atoms with Crippen LogP contribution in [0, 0.1) is 5.92 Å². The zero-order valence-corrected chi connectivity index (χ0v) is 13.4. The van der Waals surface area contributed by atoms with Crippen LogP contribution < -0.4 is 5.32 Å². The number of carbonyl (C=O) groups is 1. The summed E-state index contributed by atoms with van der Waals surface area (Å²) < 4.78 is 0. The summed E-state index contributed by atoms with van der Waals surface area (Å²) in [6, 6.07) is 2.63. The lowest BCUT2D eigenvalue weighted by molar-refractivity contribution is -0.128. The Labute approximate surface area is 127 Å². The first-order valence-corrected chi connectivity index (χ1v) is 8.00. The van der Waals surface area contributed by atoms with Crippen molar-refractivity contribution in [2.45, 2.75) is 52.5 Å². The van der Waals surface area contributed by atoms with E-state index in [1.165, 1.54) is 12.0 Å². The zero-order chi connectivity index (χ0) is 15.2. The summed E-state index contributed by atoms with van der Waals surface area (Å²) in [6.07, 6.45) is 8.33. The minimum absolute atomic E-state index is 0.209. The lowest BCUT2D eigenvalue weighted by Crippen LogP contribution is -2.29. The van der Waals surface area contributed by atoms with Gasteiger partial charge in [-0.25, -0.2) is 0 Å². The molecule has 116 valence electrons. The van der Waals surface area contributed by atoms with Gasteiger partial charge in [0, 0.05) is 38.4 Å². The molecular weight excluding hydrogens is 262 g/mol. The first-order valence-electron chi connectivity index (χ1n) is 8.00. The van der Waals surface area contributed by atoms with Crippen molar-refractivity contribution in [3.05, 3.63) is 24.0 Å². The van der Waals surface area contributed by atoms with Crippen molar-refractivity contribution in [1.29, 1.82) is 0 Å². The minimum atomic E-state index is 0.209. The molecule has 1 saturated heterocycles. The Bertz CT molecular complexity index is 473. The van der Waals surface area contributed by atoms with Crippen LogP contribution >= 0.6 is 0 Å². The molecule has 4 heteroatoms. The summed E-state index contributed by atoms with van der Waals surface area (Å²) in [6.45, 7) is 7.75. The van der Waals surface area contributed by atoms with Crippen LogP contribution in [-0.2, 0) is 11.2 Å². The number of nitrogens with one attached hydrogen (secondary N) is 1. The van der Waals surface area contributed by atoms with Gasteiger partial charge in [-0.3, -0.25) is 9.78 Å².